The van der Waals surface area contributed by atoms with Crippen molar-refractivity contribution in [3.05, 3.63) is 29.6 Å². The molecule has 1 heterocycles. The number of amides is 1. The van der Waals surface area contributed by atoms with E-state index in [4.69, 9.17) is 9.47 Å². The molecule has 120 valence electrons. The summed E-state index contributed by atoms with van der Waals surface area (Å²) in [6.07, 6.45) is 1.69. The number of ether oxygens (including phenoxy) is 2. The third-order valence-corrected chi connectivity index (χ3v) is 3.99. The zero-order chi connectivity index (χ0) is 15.5. The van der Waals surface area contributed by atoms with E-state index in [2.05, 4.69) is 10.2 Å². The lowest BCUT2D eigenvalue weighted by molar-refractivity contribution is -0.138. The average molecular weight is 308 g/mol. The number of methoxy groups -OCH3 is 1. The van der Waals surface area contributed by atoms with Crippen LogP contribution in [0.4, 0.5) is 4.39 Å². The molecule has 0 aromatic heterocycles. The Morgan fingerprint density at radius 3 is 3.00 bits per heavy atom. The predicted molar refractivity (Wildman–Crippen MR) is 79.1 cm³/mol. The minimum absolute atomic E-state index is 0.0342. The standard InChI is InChI=1S/C16H21FN2O3/c1-21-14-5-2-11(8-13(14)17)9-19-6-7-22-15(10-19)16(20)18-12-3-4-12/h2,5,8,12,15H,3-4,6-7,9-10H2,1H3,(H,18,20). The van der Waals surface area contributed by atoms with Crippen molar-refractivity contribution in [2.75, 3.05) is 26.8 Å². The maximum absolute atomic E-state index is 13.7. The van der Waals surface area contributed by atoms with Gasteiger partial charge in [0.1, 0.15) is 6.10 Å². The fourth-order valence-corrected chi connectivity index (χ4v) is 2.59. The zero-order valence-electron chi connectivity index (χ0n) is 12.7. The molecule has 1 atom stereocenters. The molecule has 1 aliphatic carbocycles. The van der Waals surface area contributed by atoms with E-state index in [-0.39, 0.29) is 17.5 Å². The van der Waals surface area contributed by atoms with Crippen molar-refractivity contribution < 1.29 is 18.7 Å². The van der Waals surface area contributed by atoms with Gasteiger partial charge >= 0.3 is 0 Å². The molecule has 6 heteroatoms. The normalized spacial score (nSPS) is 22.4. The van der Waals surface area contributed by atoms with Crippen LogP contribution in [0.15, 0.2) is 18.2 Å². The molecule has 0 spiro atoms. The Kier molecular flexibility index (Phi) is 4.59. The molecule has 1 saturated heterocycles. The van der Waals surface area contributed by atoms with Crippen LogP contribution in [0.3, 0.4) is 0 Å². The van der Waals surface area contributed by atoms with Gasteiger partial charge in [0.25, 0.3) is 5.91 Å². The highest BCUT2D eigenvalue weighted by molar-refractivity contribution is 5.81. The van der Waals surface area contributed by atoms with Crippen molar-refractivity contribution in [3.63, 3.8) is 0 Å². The highest BCUT2D eigenvalue weighted by Crippen LogP contribution is 2.21. The van der Waals surface area contributed by atoms with Gasteiger partial charge in [0, 0.05) is 25.7 Å². The number of hydrogen-bond acceptors (Lipinski definition) is 4. The summed E-state index contributed by atoms with van der Waals surface area (Å²) in [5.74, 6) is -0.156. The summed E-state index contributed by atoms with van der Waals surface area (Å²) in [6, 6.07) is 5.29. The van der Waals surface area contributed by atoms with Crippen LogP contribution in [0.5, 0.6) is 5.75 Å². The number of rotatable bonds is 5. The second-order valence-electron chi connectivity index (χ2n) is 5.85. The summed E-state index contributed by atoms with van der Waals surface area (Å²) >= 11 is 0. The Labute approximate surface area is 129 Å². The first kappa shape index (κ1) is 15.2. The largest absolute Gasteiger partial charge is 0.494 e. The second kappa shape index (κ2) is 6.62. The molecule has 3 rings (SSSR count). The Hall–Kier alpha value is -1.66. The van der Waals surface area contributed by atoms with Gasteiger partial charge in [-0.25, -0.2) is 4.39 Å². The Morgan fingerprint density at radius 2 is 2.32 bits per heavy atom. The number of benzene rings is 1. The summed E-state index contributed by atoms with van der Waals surface area (Å²) in [5, 5.41) is 2.97. The van der Waals surface area contributed by atoms with E-state index in [1.54, 1.807) is 6.07 Å². The van der Waals surface area contributed by atoms with Gasteiger partial charge < -0.3 is 14.8 Å². The van der Waals surface area contributed by atoms with E-state index < -0.39 is 6.10 Å². The quantitative estimate of drug-likeness (QED) is 0.891. The van der Waals surface area contributed by atoms with E-state index in [9.17, 15) is 9.18 Å². The van der Waals surface area contributed by atoms with E-state index in [1.165, 1.54) is 13.2 Å². The van der Waals surface area contributed by atoms with Crippen molar-refractivity contribution >= 4 is 5.91 Å². The van der Waals surface area contributed by atoms with Gasteiger partial charge in [0.2, 0.25) is 0 Å². The average Bonchev–Trinajstić information content (AvgIpc) is 3.32. The highest BCUT2D eigenvalue weighted by Gasteiger charge is 2.31. The van der Waals surface area contributed by atoms with Crippen LogP contribution in [0.2, 0.25) is 0 Å². The summed E-state index contributed by atoms with van der Waals surface area (Å²) in [7, 11) is 1.45. The SMILES string of the molecule is COc1ccc(CN2CCOC(C(=O)NC3CC3)C2)cc1F. The van der Waals surface area contributed by atoms with E-state index in [0.717, 1.165) is 24.9 Å². The number of hydrogen-bond donors (Lipinski definition) is 1. The number of carbonyl (C=O) groups is 1. The molecule has 22 heavy (non-hydrogen) atoms. The first-order valence-corrected chi connectivity index (χ1v) is 7.62. The minimum atomic E-state index is -0.433. The van der Waals surface area contributed by atoms with Crippen LogP contribution in [0, 0.1) is 5.82 Å². The molecule has 1 N–H and O–H groups in total. The molecule has 0 radical (unpaired) electrons. The van der Waals surface area contributed by atoms with E-state index in [0.29, 0.717) is 25.7 Å². The van der Waals surface area contributed by atoms with Gasteiger partial charge in [0.15, 0.2) is 11.6 Å². The fraction of sp³-hybridized carbons (Fsp3) is 0.562. The molecule has 5 nitrogen and oxygen atoms in total. The number of carbonyl (C=O) groups excluding carboxylic acids is 1. The summed E-state index contributed by atoms with van der Waals surface area (Å²) in [6.45, 7) is 2.38. The Bertz CT molecular complexity index is 548. The van der Waals surface area contributed by atoms with Crippen molar-refractivity contribution in [1.29, 1.82) is 0 Å². The topological polar surface area (TPSA) is 50.8 Å². The molecule has 1 saturated carbocycles. The third-order valence-electron chi connectivity index (χ3n) is 3.99. The molecule has 1 aromatic rings. The number of nitrogens with one attached hydrogen (secondary N) is 1. The van der Waals surface area contributed by atoms with Crippen LogP contribution < -0.4 is 10.1 Å². The maximum Gasteiger partial charge on any atom is 0.250 e. The monoisotopic (exact) mass is 308 g/mol. The lowest BCUT2D eigenvalue weighted by Crippen LogP contribution is -2.49. The van der Waals surface area contributed by atoms with E-state index >= 15 is 0 Å². The van der Waals surface area contributed by atoms with Crippen molar-refractivity contribution in [1.82, 2.24) is 10.2 Å². The summed E-state index contributed by atoms with van der Waals surface area (Å²) in [5.41, 5.74) is 0.863. The fourth-order valence-electron chi connectivity index (χ4n) is 2.59. The van der Waals surface area contributed by atoms with Crippen LogP contribution >= 0.6 is 0 Å². The van der Waals surface area contributed by atoms with Crippen molar-refractivity contribution in [3.8, 4) is 5.75 Å². The minimum Gasteiger partial charge on any atom is -0.494 e. The Morgan fingerprint density at radius 1 is 1.50 bits per heavy atom. The van der Waals surface area contributed by atoms with Gasteiger partial charge in [0.05, 0.1) is 13.7 Å². The zero-order valence-corrected chi connectivity index (χ0v) is 12.7. The number of nitrogens with zero attached hydrogens (tertiary/aromatic N) is 1. The van der Waals surface area contributed by atoms with E-state index in [1.807, 2.05) is 6.07 Å². The first-order valence-electron chi connectivity index (χ1n) is 7.62. The Balaban J connectivity index is 1.57. The van der Waals surface area contributed by atoms with Gasteiger partial charge in [-0.05, 0) is 30.5 Å². The van der Waals surface area contributed by atoms with Crippen LogP contribution in [-0.2, 0) is 16.1 Å². The number of halogens is 1. The molecular weight excluding hydrogens is 287 g/mol. The molecule has 1 amide bonds. The van der Waals surface area contributed by atoms with Gasteiger partial charge in [-0.1, -0.05) is 6.07 Å². The molecule has 0 bridgehead atoms. The molecule has 1 aliphatic heterocycles. The van der Waals surface area contributed by atoms with Crippen LogP contribution in [0.1, 0.15) is 18.4 Å². The smallest absolute Gasteiger partial charge is 0.250 e. The lowest BCUT2D eigenvalue weighted by Gasteiger charge is -2.32. The lowest BCUT2D eigenvalue weighted by atomic mass is 10.1. The summed E-state index contributed by atoms with van der Waals surface area (Å²) < 4.78 is 24.2. The second-order valence-corrected chi connectivity index (χ2v) is 5.85. The molecular formula is C16H21FN2O3. The number of morpholine rings is 1. The molecule has 1 aromatic carbocycles. The molecule has 2 fully saturated rings. The third kappa shape index (κ3) is 3.75. The van der Waals surface area contributed by atoms with Gasteiger partial charge in [-0.15, -0.1) is 0 Å². The van der Waals surface area contributed by atoms with Crippen molar-refractivity contribution in [2.45, 2.75) is 31.5 Å². The van der Waals surface area contributed by atoms with Gasteiger partial charge in [-0.2, -0.15) is 0 Å². The first-order chi connectivity index (χ1) is 10.7. The van der Waals surface area contributed by atoms with Crippen molar-refractivity contribution in [2.24, 2.45) is 0 Å². The van der Waals surface area contributed by atoms with Crippen LogP contribution in [-0.4, -0.2) is 49.8 Å². The molecule has 1 unspecified atom stereocenters. The molecule has 2 aliphatic rings. The highest BCUT2D eigenvalue weighted by atomic mass is 19.1. The van der Waals surface area contributed by atoms with Gasteiger partial charge in [-0.3, -0.25) is 9.69 Å². The van der Waals surface area contributed by atoms with Crippen LogP contribution in [0.25, 0.3) is 0 Å². The maximum atomic E-state index is 13.7. The predicted octanol–water partition coefficient (Wildman–Crippen LogP) is 1.31. The summed E-state index contributed by atoms with van der Waals surface area (Å²) in [4.78, 5) is 14.2.